The lowest BCUT2D eigenvalue weighted by Crippen LogP contribution is -2.14. The van der Waals surface area contributed by atoms with Crippen molar-refractivity contribution < 1.29 is 4.79 Å². The minimum atomic E-state index is -0.0465. The quantitative estimate of drug-likeness (QED) is 0.682. The first-order chi connectivity index (χ1) is 12.0. The first-order valence-corrected chi connectivity index (χ1v) is 9.32. The van der Waals surface area contributed by atoms with Gasteiger partial charge in [-0.25, -0.2) is 0 Å². The van der Waals surface area contributed by atoms with Crippen LogP contribution in [-0.2, 0) is 18.3 Å². The van der Waals surface area contributed by atoms with Crippen LogP contribution in [0.15, 0.2) is 47.6 Å². The van der Waals surface area contributed by atoms with Crippen molar-refractivity contribution in [2.45, 2.75) is 25.4 Å². The fourth-order valence-corrected chi connectivity index (χ4v) is 3.39. The van der Waals surface area contributed by atoms with Gasteiger partial charge in [-0.05, 0) is 17.4 Å². The lowest BCUT2D eigenvalue weighted by Gasteiger charge is -2.09. The van der Waals surface area contributed by atoms with Crippen molar-refractivity contribution in [2.24, 2.45) is 13.0 Å². The molecule has 3 aromatic rings. The highest BCUT2D eigenvalue weighted by Gasteiger charge is 2.13. The number of rotatable bonds is 6. The van der Waals surface area contributed by atoms with Crippen LogP contribution in [-0.4, -0.2) is 26.4 Å². The second-order valence-corrected chi connectivity index (χ2v) is 7.36. The summed E-state index contributed by atoms with van der Waals surface area (Å²) >= 11 is 1.41. The molecule has 25 heavy (non-hydrogen) atoms. The van der Waals surface area contributed by atoms with E-state index in [9.17, 15) is 4.79 Å². The van der Waals surface area contributed by atoms with Gasteiger partial charge in [0.25, 0.3) is 0 Å². The fraction of sp³-hybridized carbons (Fsp3) is 0.316. The molecular weight excluding hydrogens is 332 g/mol. The number of hydrogen-bond donors (Lipinski definition) is 1. The molecule has 6 heteroatoms. The maximum absolute atomic E-state index is 12.3. The third kappa shape index (κ3) is 4.20. The zero-order chi connectivity index (χ0) is 17.8. The Morgan fingerprint density at radius 2 is 1.92 bits per heavy atom. The van der Waals surface area contributed by atoms with Gasteiger partial charge in [0.1, 0.15) is 5.82 Å². The van der Waals surface area contributed by atoms with Crippen molar-refractivity contribution in [3.05, 3.63) is 48.3 Å². The third-order valence-electron chi connectivity index (χ3n) is 3.91. The molecule has 0 unspecified atom stereocenters. The van der Waals surface area contributed by atoms with Crippen LogP contribution in [0.25, 0.3) is 10.8 Å². The lowest BCUT2D eigenvalue weighted by atomic mass is 10.1. The maximum atomic E-state index is 12.3. The monoisotopic (exact) mass is 354 g/mol. The van der Waals surface area contributed by atoms with Gasteiger partial charge in [-0.3, -0.25) is 4.79 Å². The summed E-state index contributed by atoms with van der Waals surface area (Å²) in [4.78, 5) is 12.3. The van der Waals surface area contributed by atoms with Gasteiger partial charge in [-0.1, -0.05) is 62.0 Å². The van der Waals surface area contributed by atoms with Gasteiger partial charge < -0.3 is 9.88 Å². The standard InChI is InChI=1S/C19H22N4OS/c1-13(2)11-17-21-22-19(23(17)3)25-12-18(24)20-16-10-6-8-14-7-4-5-9-15(14)16/h4-10,13H,11-12H2,1-3H3,(H,20,24). The molecule has 0 radical (unpaired) electrons. The topological polar surface area (TPSA) is 59.8 Å². The van der Waals surface area contributed by atoms with E-state index < -0.39 is 0 Å². The second kappa shape index (κ2) is 7.70. The number of anilines is 1. The van der Waals surface area contributed by atoms with E-state index >= 15 is 0 Å². The molecule has 0 bridgehead atoms. The van der Waals surface area contributed by atoms with E-state index in [2.05, 4.69) is 29.4 Å². The first kappa shape index (κ1) is 17.5. The minimum Gasteiger partial charge on any atom is -0.325 e. The maximum Gasteiger partial charge on any atom is 0.234 e. The molecule has 3 rings (SSSR count). The van der Waals surface area contributed by atoms with Gasteiger partial charge >= 0.3 is 0 Å². The van der Waals surface area contributed by atoms with Crippen molar-refractivity contribution in [1.82, 2.24) is 14.8 Å². The van der Waals surface area contributed by atoms with Gasteiger partial charge in [-0.2, -0.15) is 0 Å². The van der Waals surface area contributed by atoms with E-state index in [1.165, 1.54) is 11.8 Å². The molecule has 0 aliphatic heterocycles. The van der Waals surface area contributed by atoms with Crippen LogP contribution in [0.4, 0.5) is 5.69 Å². The molecule has 1 aromatic heterocycles. The summed E-state index contributed by atoms with van der Waals surface area (Å²) in [6.45, 7) is 4.30. The van der Waals surface area contributed by atoms with E-state index in [0.29, 0.717) is 11.7 Å². The smallest absolute Gasteiger partial charge is 0.234 e. The number of amides is 1. The highest BCUT2D eigenvalue weighted by Crippen LogP contribution is 2.24. The first-order valence-electron chi connectivity index (χ1n) is 8.33. The summed E-state index contributed by atoms with van der Waals surface area (Å²) in [7, 11) is 1.95. The lowest BCUT2D eigenvalue weighted by molar-refractivity contribution is -0.113. The van der Waals surface area contributed by atoms with Crippen LogP contribution < -0.4 is 5.32 Å². The third-order valence-corrected chi connectivity index (χ3v) is 4.93. The van der Waals surface area contributed by atoms with Crippen molar-refractivity contribution in [1.29, 1.82) is 0 Å². The Morgan fingerprint density at radius 3 is 2.72 bits per heavy atom. The number of fused-ring (bicyclic) bond motifs is 1. The molecular formula is C19H22N4OS. The molecule has 0 saturated heterocycles. The van der Waals surface area contributed by atoms with Crippen molar-refractivity contribution in [3.8, 4) is 0 Å². The predicted octanol–water partition coefficient (Wildman–Crippen LogP) is 3.90. The summed E-state index contributed by atoms with van der Waals surface area (Å²) in [5.74, 6) is 1.73. The van der Waals surface area contributed by atoms with E-state index in [4.69, 9.17) is 0 Å². The Hall–Kier alpha value is -2.34. The van der Waals surface area contributed by atoms with Gasteiger partial charge in [0.2, 0.25) is 5.91 Å². The van der Waals surface area contributed by atoms with Crippen LogP contribution in [0.2, 0.25) is 0 Å². The van der Waals surface area contributed by atoms with Gasteiger partial charge in [0.15, 0.2) is 5.16 Å². The summed E-state index contributed by atoms with van der Waals surface area (Å²) in [6.07, 6.45) is 0.881. The number of carbonyl (C=O) groups is 1. The Labute approximate surface area is 151 Å². The average Bonchev–Trinajstić information content (AvgIpc) is 2.93. The average molecular weight is 354 g/mol. The minimum absolute atomic E-state index is 0.0465. The van der Waals surface area contributed by atoms with E-state index in [1.54, 1.807) is 0 Å². The summed E-state index contributed by atoms with van der Waals surface area (Å²) < 4.78 is 1.97. The Morgan fingerprint density at radius 1 is 1.16 bits per heavy atom. The highest BCUT2D eigenvalue weighted by molar-refractivity contribution is 7.99. The number of aromatic nitrogens is 3. The van der Waals surface area contributed by atoms with Gasteiger partial charge in [0.05, 0.1) is 5.75 Å². The number of carbonyl (C=O) groups excluding carboxylic acids is 1. The van der Waals surface area contributed by atoms with Gasteiger partial charge in [-0.15, -0.1) is 10.2 Å². The zero-order valence-electron chi connectivity index (χ0n) is 14.7. The van der Waals surface area contributed by atoms with Crippen LogP contribution >= 0.6 is 11.8 Å². The normalized spacial score (nSPS) is 11.2. The predicted molar refractivity (Wildman–Crippen MR) is 103 cm³/mol. The van der Waals surface area contributed by atoms with E-state index in [-0.39, 0.29) is 5.91 Å². The number of nitrogens with one attached hydrogen (secondary N) is 1. The molecule has 1 amide bonds. The van der Waals surface area contributed by atoms with E-state index in [1.807, 2.05) is 54.1 Å². The Bertz CT molecular complexity index is 883. The number of benzene rings is 2. The largest absolute Gasteiger partial charge is 0.325 e. The number of thioether (sulfide) groups is 1. The summed E-state index contributed by atoms with van der Waals surface area (Å²) in [6, 6.07) is 13.9. The zero-order valence-corrected chi connectivity index (χ0v) is 15.5. The van der Waals surface area contributed by atoms with Crippen LogP contribution in [0, 0.1) is 5.92 Å². The van der Waals surface area contributed by atoms with Crippen molar-refractivity contribution in [2.75, 3.05) is 11.1 Å². The van der Waals surface area contributed by atoms with Crippen LogP contribution in [0.5, 0.6) is 0 Å². The van der Waals surface area contributed by atoms with Crippen molar-refractivity contribution >= 4 is 34.1 Å². The molecule has 0 aliphatic carbocycles. The SMILES string of the molecule is CC(C)Cc1nnc(SCC(=O)Nc2cccc3ccccc23)n1C. The van der Waals surface area contributed by atoms with Gasteiger partial charge in [0, 0.05) is 24.5 Å². The van der Waals surface area contributed by atoms with Crippen molar-refractivity contribution in [3.63, 3.8) is 0 Å². The number of nitrogens with zero attached hydrogens (tertiary/aromatic N) is 3. The molecule has 2 aromatic carbocycles. The van der Waals surface area contributed by atoms with E-state index in [0.717, 1.165) is 33.9 Å². The molecule has 1 N–H and O–H groups in total. The molecule has 0 saturated carbocycles. The second-order valence-electron chi connectivity index (χ2n) is 6.42. The molecule has 130 valence electrons. The Kier molecular flexibility index (Phi) is 5.38. The molecule has 0 atom stereocenters. The highest BCUT2D eigenvalue weighted by atomic mass is 32.2. The number of hydrogen-bond acceptors (Lipinski definition) is 4. The molecule has 0 aliphatic rings. The Balaban J connectivity index is 1.64. The molecule has 0 fully saturated rings. The fourth-order valence-electron chi connectivity index (χ4n) is 2.66. The van der Waals surface area contributed by atoms with Crippen LogP contribution in [0.3, 0.4) is 0 Å². The summed E-state index contributed by atoms with van der Waals surface area (Å²) in [5.41, 5.74) is 0.835. The molecule has 1 heterocycles. The van der Waals surface area contributed by atoms with Crippen LogP contribution in [0.1, 0.15) is 19.7 Å². The summed E-state index contributed by atoms with van der Waals surface area (Å²) in [5, 5.41) is 14.3. The molecule has 0 spiro atoms. The molecule has 5 nitrogen and oxygen atoms in total.